The molecule has 1 aliphatic carbocycles. The van der Waals surface area contributed by atoms with Gasteiger partial charge in [-0.1, -0.05) is 42.5 Å². The van der Waals surface area contributed by atoms with E-state index in [0.717, 1.165) is 44.3 Å². The van der Waals surface area contributed by atoms with Gasteiger partial charge < -0.3 is 14.7 Å². The number of carboxylic acid groups (broad SMARTS) is 1. The van der Waals surface area contributed by atoms with Crippen molar-refractivity contribution in [1.82, 2.24) is 19.7 Å². The summed E-state index contributed by atoms with van der Waals surface area (Å²) in [4.78, 5) is 30.1. The van der Waals surface area contributed by atoms with Gasteiger partial charge in [0, 0.05) is 24.6 Å². The highest BCUT2D eigenvalue weighted by atomic mass is 19.4. The number of likely N-dealkylation sites (tertiary alicyclic amines) is 1. The summed E-state index contributed by atoms with van der Waals surface area (Å²) in [7, 11) is 0. The number of aromatic carboxylic acids is 1. The van der Waals surface area contributed by atoms with Crippen LogP contribution in [-0.2, 0) is 17.6 Å². The van der Waals surface area contributed by atoms with E-state index < -0.39 is 23.4 Å². The number of nitrogens with zero attached hydrogens (tertiary/aromatic N) is 4. The molecule has 1 saturated carbocycles. The number of pyridine rings is 1. The number of ether oxygens (including phenoxy) is 1. The van der Waals surface area contributed by atoms with Crippen LogP contribution in [0.2, 0.25) is 0 Å². The van der Waals surface area contributed by atoms with Gasteiger partial charge >= 0.3 is 12.1 Å². The molecule has 1 amide bonds. The van der Waals surface area contributed by atoms with Gasteiger partial charge in [-0.05, 0) is 67.0 Å². The second-order valence-corrected chi connectivity index (χ2v) is 10.9. The topological polar surface area (TPSA) is 97.5 Å². The molecule has 222 valence electrons. The predicted octanol–water partition coefficient (Wildman–Crippen LogP) is 6.35. The Morgan fingerprint density at radius 3 is 2.33 bits per heavy atom. The minimum Gasteiger partial charge on any atom is -0.488 e. The monoisotopic (exact) mass is 590 g/mol. The van der Waals surface area contributed by atoms with Crippen LogP contribution in [0.3, 0.4) is 0 Å². The van der Waals surface area contributed by atoms with Crippen molar-refractivity contribution in [2.24, 2.45) is 5.92 Å². The fourth-order valence-electron chi connectivity index (χ4n) is 5.52. The van der Waals surface area contributed by atoms with Crippen molar-refractivity contribution < 1.29 is 32.6 Å². The molecule has 11 heteroatoms. The van der Waals surface area contributed by atoms with Crippen LogP contribution in [0, 0.1) is 5.92 Å². The zero-order valence-corrected chi connectivity index (χ0v) is 23.1. The highest BCUT2D eigenvalue weighted by Gasteiger charge is 2.41. The summed E-state index contributed by atoms with van der Waals surface area (Å²) in [5.41, 5.74) is 0.738. The Kier molecular flexibility index (Phi) is 7.64. The smallest absolute Gasteiger partial charge is 0.434 e. The summed E-state index contributed by atoms with van der Waals surface area (Å²) in [6.07, 6.45) is -0.327. The summed E-state index contributed by atoms with van der Waals surface area (Å²) in [6.45, 7) is 1.87. The van der Waals surface area contributed by atoms with E-state index in [-0.39, 0.29) is 18.3 Å². The van der Waals surface area contributed by atoms with E-state index in [0.29, 0.717) is 39.7 Å². The van der Waals surface area contributed by atoms with E-state index in [1.807, 2.05) is 17.0 Å². The zero-order valence-electron chi connectivity index (χ0n) is 23.1. The molecule has 2 aliphatic rings. The molecule has 3 heterocycles. The first-order chi connectivity index (χ1) is 20.7. The first kappa shape index (κ1) is 28.4. The fourth-order valence-corrected chi connectivity index (χ4v) is 5.52. The quantitative estimate of drug-likeness (QED) is 0.257. The van der Waals surface area contributed by atoms with Crippen molar-refractivity contribution in [3.05, 3.63) is 95.3 Å². The summed E-state index contributed by atoms with van der Waals surface area (Å²) < 4.78 is 47.9. The lowest BCUT2D eigenvalue weighted by atomic mass is 9.89. The number of benzene rings is 2. The van der Waals surface area contributed by atoms with Gasteiger partial charge in [-0.3, -0.25) is 4.79 Å². The molecular formula is C32H29F3N4O4. The number of halogens is 3. The van der Waals surface area contributed by atoms with Crippen molar-refractivity contribution in [2.45, 2.75) is 44.4 Å². The lowest BCUT2D eigenvalue weighted by Crippen LogP contribution is -2.38. The molecule has 2 aromatic heterocycles. The molecule has 43 heavy (non-hydrogen) atoms. The fraction of sp³-hybridized carbons (Fsp3) is 0.312. The minimum atomic E-state index is -4.95. The molecular weight excluding hydrogens is 561 g/mol. The predicted molar refractivity (Wildman–Crippen MR) is 151 cm³/mol. The third-order valence-electron chi connectivity index (χ3n) is 7.96. The van der Waals surface area contributed by atoms with Crippen LogP contribution in [0.15, 0.2) is 72.9 Å². The lowest BCUT2D eigenvalue weighted by molar-refractivity contribution is -0.143. The lowest BCUT2D eigenvalue weighted by Gasteiger charge is -2.32. The molecule has 6 rings (SSSR count). The number of piperidine rings is 1. The molecule has 0 bridgehead atoms. The largest absolute Gasteiger partial charge is 0.488 e. The molecule has 0 unspecified atom stereocenters. The number of aromatic nitrogens is 3. The van der Waals surface area contributed by atoms with E-state index in [2.05, 4.69) is 22.2 Å². The third-order valence-corrected chi connectivity index (χ3v) is 7.96. The SMILES string of the molecule is O=C(O)c1cnn(-c2cccc(-c3ccccc3OCc3ccc(C4CCN(C(=O)C5CC5)CC4)cc3)n2)c1C(F)(F)F. The van der Waals surface area contributed by atoms with E-state index in [1.165, 1.54) is 17.7 Å². The molecule has 0 radical (unpaired) electrons. The van der Waals surface area contributed by atoms with Crippen molar-refractivity contribution in [3.8, 4) is 22.8 Å². The highest BCUT2D eigenvalue weighted by molar-refractivity contribution is 5.89. The minimum absolute atomic E-state index is 0.176. The van der Waals surface area contributed by atoms with Crippen LogP contribution in [-0.4, -0.2) is 49.7 Å². The standard InChI is InChI=1S/C32H29F3N4O4/c33-32(34,35)29-25(31(41)42)18-36-39(29)28-7-3-5-26(37-28)24-4-1-2-6-27(24)43-19-20-8-10-21(11-9-20)22-14-16-38(17-15-22)30(40)23-12-13-23/h1-11,18,22-23H,12-17,19H2,(H,41,42). The van der Waals surface area contributed by atoms with Crippen molar-refractivity contribution in [2.75, 3.05) is 13.1 Å². The first-order valence-corrected chi connectivity index (χ1v) is 14.1. The average Bonchev–Trinajstić information content (AvgIpc) is 3.76. The van der Waals surface area contributed by atoms with Gasteiger partial charge in [0.05, 0.1) is 11.9 Å². The molecule has 2 aromatic carbocycles. The van der Waals surface area contributed by atoms with E-state index >= 15 is 0 Å². The number of amides is 1. The maximum atomic E-state index is 13.8. The van der Waals surface area contributed by atoms with Crippen LogP contribution in [0.4, 0.5) is 13.2 Å². The van der Waals surface area contributed by atoms with Crippen LogP contribution < -0.4 is 4.74 Å². The number of para-hydroxylation sites is 1. The van der Waals surface area contributed by atoms with Crippen LogP contribution in [0.25, 0.3) is 17.1 Å². The Hall–Kier alpha value is -4.67. The maximum Gasteiger partial charge on any atom is 0.434 e. The zero-order chi connectivity index (χ0) is 30.1. The Balaban J connectivity index is 1.15. The van der Waals surface area contributed by atoms with Crippen LogP contribution in [0.1, 0.15) is 58.8 Å². The molecule has 0 spiro atoms. The average molecular weight is 591 g/mol. The van der Waals surface area contributed by atoms with Gasteiger partial charge in [-0.25, -0.2) is 14.5 Å². The Labute approximate surface area is 245 Å². The molecule has 8 nitrogen and oxygen atoms in total. The number of carbonyl (C=O) groups excluding carboxylic acids is 1. The summed E-state index contributed by atoms with van der Waals surface area (Å²) in [6, 6.07) is 19.8. The summed E-state index contributed by atoms with van der Waals surface area (Å²) >= 11 is 0. The molecule has 1 N–H and O–H groups in total. The molecule has 0 atom stereocenters. The van der Waals surface area contributed by atoms with Crippen molar-refractivity contribution in [3.63, 3.8) is 0 Å². The van der Waals surface area contributed by atoms with Crippen molar-refractivity contribution >= 4 is 11.9 Å². The first-order valence-electron chi connectivity index (χ1n) is 14.1. The second-order valence-electron chi connectivity index (χ2n) is 10.9. The van der Waals surface area contributed by atoms with Gasteiger partial charge in [0.2, 0.25) is 5.91 Å². The molecule has 1 saturated heterocycles. The number of rotatable bonds is 8. The Morgan fingerprint density at radius 2 is 1.65 bits per heavy atom. The molecule has 4 aromatic rings. The number of hydrogen-bond donors (Lipinski definition) is 1. The summed E-state index contributed by atoms with van der Waals surface area (Å²) in [5.74, 6) is -0.430. The summed E-state index contributed by atoms with van der Waals surface area (Å²) in [5, 5.41) is 12.9. The highest BCUT2D eigenvalue weighted by Crippen LogP contribution is 2.36. The molecule has 1 aliphatic heterocycles. The number of hydrogen-bond acceptors (Lipinski definition) is 5. The van der Waals surface area contributed by atoms with Gasteiger partial charge in [0.1, 0.15) is 17.9 Å². The van der Waals surface area contributed by atoms with E-state index in [1.54, 1.807) is 30.3 Å². The number of alkyl halides is 3. The van der Waals surface area contributed by atoms with E-state index in [4.69, 9.17) is 4.74 Å². The van der Waals surface area contributed by atoms with Crippen molar-refractivity contribution in [1.29, 1.82) is 0 Å². The van der Waals surface area contributed by atoms with Gasteiger partial charge in [-0.2, -0.15) is 18.3 Å². The van der Waals surface area contributed by atoms with Crippen LogP contribution >= 0.6 is 0 Å². The second kappa shape index (κ2) is 11.5. The van der Waals surface area contributed by atoms with Gasteiger partial charge in [0.25, 0.3) is 0 Å². The molecule has 2 fully saturated rings. The number of carboxylic acids is 1. The number of carbonyl (C=O) groups is 2. The maximum absolute atomic E-state index is 13.8. The van der Waals surface area contributed by atoms with E-state index in [9.17, 15) is 27.9 Å². The Bertz CT molecular complexity index is 1640. The van der Waals surface area contributed by atoms with Gasteiger partial charge in [0.15, 0.2) is 11.5 Å². The Morgan fingerprint density at radius 1 is 0.930 bits per heavy atom. The normalized spacial score (nSPS) is 15.8. The third kappa shape index (κ3) is 6.11. The van der Waals surface area contributed by atoms with Crippen LogP contribution in [0.5, 0.6) is 5.75 Å². The van der Waals surface area contributed by atoms with Gasteiger partial charge in [-0.15, -0.1) is 0 Å².